The standard InChI is InChI=1S/C23H25F6NO3/c24-22(25,26)21(31)15-30(14-16-7-4-5-12-20(16)33-23(27,28)29)17-8-6-11-19(13-17)32-18-9-2-1-3-10-18/h1-5,7,9-10,12,17,19,21,31H,6,8,11,13-15H2. The number of hydrogen-bond acceptors (Lipinski definition) is 4. The number of hydrogen-bond donors (Lipinski definition) is 1. The number of halogens is 6. The van der Waals surface area contributed by atoms with E-state index in [4.69, 9.17) is 4.74 Å². The highest BCUT2D eigenvalue weighted by Gasteiger charge is 2.41. The van der Waals surface area contributed by atoms with Crippen LogP contribution in [0.4, 0.5) is 26.3 Å². The van der Waals surface area contributed by atoms with Crippen LogP contribution >= 0.6 is 0 Å². The summed E-state index contributed by atoms with van der Waals surface area (Å²) in [5.74, 6) is 0.151. The quantitative estimate of drug-likeness (QED) is 0.496. The number of benzene rings is 2. The maximum absolute atomic E-state index is 13.1. The maximum atomic E-state index is 13.1. The summed E-state index contributed by atoms with van der Waals surface area (Å²) in [5.41, 5.74) is 0.0790. The van der Waals surface area contributed by atoms with Crippen LogP contribution in [0.1, 0.15) is 31.2 Å². The van der Waals surface area contributed by atoms with Crippen LogP contribution in [0.5, 0.6) is 11.5 Å². The molecule has 2 aromatic carbocycles. The topological polar surface area (TPSA) is 41.9 Å². The van der Waals surface area contributed by atoms with Gasteiger partial charge in [0.15, 0.2) is 6.10 Å². The molecule has 0 amide bonds. The molecule has 1 aliphatic rings. The second-order valence-electron chi connectivity index (χ2n) is 8.02. The third kappa shape index (κ3) is 7.82. The van der Waals surface area contributed by atoms with Crippen LogP contribution in [0.2, 0.25) is 0 Å². The smallest absolute Gasteiger partial charge is 0.490 e. The summed E-state index contributed by atoms with van der Waals surface area (Å²) >= 11 is 0. The molecule has 3 atom stereocenters. The van der Waals surface area contributed by atoms with Crippen molar-refractivity contribution >= 4 is 0 Å². The van der Waals surface area contributed by atoms with Gasteiger partial charge < -0.3 is 14.6 Å². The molecule has 4 nitrogen and oxygen atoms in total. The Bertz CT molecular complexity index is 874. The lowest BCUT2D eigenvalue weighted by molar-refractivity contribution is -0.275. The molecule has 10 heteroatoms. The zero-order chi connectivity index (χ0) is 24.1. The minimum absolute atomic E-state index is 0.0790. The lowest BCUT2D eigenvalue weighted by Gasteiger charge is -2.39. The van der Waals surface area contributed by atoms with Crippen molar-refractivity contribution in [2.45, 2.75) is 63.0 Å². The highest BCUT2D eigenvalue weighted by atomic mass is 19.4. The van der Waals surface area contributed by atoms with E-state index in [1.54, 1.807) is 24.3 Å². The third-order valence-electron chi connectivity index (χ3n) is 5.52. The minimum atomic E-state index is -4.94. The first-order chi connectivity index (χ1) is 15.5. The monoisotopic (exact) mass is 477 g/mol. The van der Waals surface area contributed by atoms with Crippen LogP contribution in [0.25, 0.3) is 0 Å². The molecule has 0 aliphatic heterocycles. The molecule has 1 saturated carbocycles. The van der Waals surface area contributed by atoms with Gasteiger partial charge in [0.2, 0.25) is 0 Å². The summed E-state index contributed by atoms with van der Waals surface area (Å²) in [4.78, 5) is 1.37. The van der Waals surface area contributed by atoms with Crippen LogP contribution in [0.3, 0.4) is 0 Å². The molecule has 0 aromatic heterocycles. The van der Waals surface area contributed by atoms with Crippen LogP contribution in [0.15, 0.2) is 54.6 Å². The predicted molar refractivity (Wildman–Crippen MR) is 109 cm³/mol. The zero-order valence-electron chi connectivity index (χ0n) is 17.6. The third-order valence-corrected chi connectivity index (χ3v) is 5.52. The maximum Gasteiger partial charge on any atom is 0.573 e. The number of ether oxygens (including phenoxy) is 2. The van der Waals surface area contributed by atoms with E-state index < -0.39 is 37.0 Å². The fourth-order valence-electron chi connectivity index (χ4n) is 4.00. The average molecular weight is 477 g/mol. The van der Waals surface area contributed by atoms with E-state index in [1.165, 1.54) is 23.1 Å². The van der Waals surface area contributed by atoms with Crippen LogP contribution in [-0.4, -0.2) is 47.3 Å². The molecule has 0 radical (unpaired) electrons. The molecule has 3 rings (SSSR count). The molecule has 0 bridgehead atoms. The van der Waals surface area contributed by atoms with Crippen LogP contribution < -0.4 is 9.47 Å². The number of nitrogens with zero attached hydrogens (tertiary/aromatic N) is 1. The van der Waals surface area contributed by atoms with E-state index >= 15 is 0 Å². The van der Waals surface area contributed by atoms with Gasteiger partial charge in [-0.15, -0.1) is 13.2 Å². The van der Waals surface area contributed by atoms with Gasteiger partial charge in [0, 0.05) is 24.7 Å². The van der Waals surface area contributed by atoms with Crippen molar-refractivity contribution in [2.24, 2.45) is 0 Å². The second kappa shape index (κ2) is 10.6. The highest BCUT2D eigenvalue weighted by molar-refractivity contribution is 5.33. The van der Waals surface area contributed by atoms with Crippen molar-refractivity contribution in [1.29, 1.82) is 0 Å². The Balaban J connectivity index is 1.80. The molecule has 0 saturated heterocycles. The summed E-state index contributed by atoms with van der Waals surface area (Å²) in [6.45, 7) is -1.02. The lowest BCUT2D eigenvalue weighted by Crippen LogP contribution is -2.47. The van der Waals surface area contributed by atoms with E-state index in [0.717, 1.165) is 6.07 Å². The van der Waals surface area contributed by atoms with Gasteiger partial charge in [0.05, 0.1) is 0 Å². The van der Waals surface area contributed by atoms with Gasteiger partial charge in [0.25, 0.3) is 0 Å². The van der Waals surface area contributed by atoms with Gasteiger partial charge in [-0.25, -0.2) is 0 Å². The van der Waals surface area contributed by atoms with E-state index in [1.807, 2.05) is 6.07 Å². The Hall–Kier alpha value is -2.46. The molecular weight excluding hydrogens is 452 g/mol. The molecule has 0 spiro atoms. The SMILES string of the molecule is OC(CN(Cc1ccccc1OC(F)(F)F)C1CCCC(Oc2ccccc2)C1)C(F)(F)F. The summed E-state index contributed by atoms with van der Waals surface area (Å²) in [6, 6.07) is 13.9. The molecule has 3 unspecified atom stereocenters. The first-order valence-electron chi connectivity index (χ1n) is 10.6. The number of rotatable bonds is 8. The van der Waals surface area contributed by atoms with E-state index in [9.17, 15) is 31.4 Å². The predicted octanol–water partition coefficient (Wildman–Crippen LogP) is 5.70. The first kappa shape index (κ1) is 25.2. The molecule has 33 heavy (non-hydrogen) atoms. The Morgan fingerprint density at radius 2 is 1.61 bits per heavy atom. The van der Waals surface area contributed by atoms with Crippen LogP contribution in [0, 0.1) is 0 Å². The van der Waals surface area contributed by atoms with Crippen molar-refractivity contribution in [3.63, 3.8) is 0 Å². The fraction of sp³-hybridized carbons (Fsp3) is 0.478. The van der Waals surface area contributed by atoms with Gasteiger partial charge in [-0.1, -0.05) is 36.4 Å². The van der Waals surface area contributed by atoms with Crippen molar-refractivity contribution in [3.05, 3.63) is 60.2 Å². The van der Waals surface area contributed by atoms with Crippen LogP contribution in [-0.2, 0) is 6.54 Å². The number of aliphatic hydroxyl groups is 1. The Kier molecular flexibility index (Phi) is 8.12. The van der Waals surface area contributed by atoms with Gasteiger partial charge in [-0.05, 0) is 43.9 Å². The summed E-state index contributed by atoms with van der Waals surface area (Å²) in [7, 11) is 0. The van der Waals surface area contributed by atoms with Crippen molar-refractivity contribution in [2.75, 3.05) is 6.54 Å². The first-order valence-corrected chi connectivity index (χ1v) is 10.6. The lowest BCUT2D eigenvalue weighted by atomic mass is 9.91. The highest BCUT2D eigenvalue weighted by Crippen LogP contribution is 2.32. The van der Waals surface area contributed by atoms with E-state index in [2.05, 4.69) is 4.74 Å². The molecule has 1 fully saturated rings. The molecule has 2 aromatic rings. The molecule has 1 aliphatic carbocycles. The van der Waals surface area contributed by atoms with Gasteiger partial charge in [-0.2, -0.15) is 13.2 Å². The largest absolute Gasteiger partial charge is 0.573 e. The molecule has 0 heterocycles. The molecule has 1 N–H and O–H groups in total. The Morgan fingerprint density at radius 3 is 2.27 bits per heavy atom. The van der Waals surface area contributed by atoms with Gasteiger partial charge in [0.1, 0.15) is 17.6 Å². The van der Waals surface area contributed by atoms with E-state index in [0.29, 0.717) is 31.4 Å². The van der Waals surface area contributed by atoms with Crippen molar-refractivity contribution in [1.82, 2.24) is 4.90 Å². The van der Waals surface area contributed by atoms with E-state index in [-0.39, 0.29) is 18.2 Å². The Labute approximate surface area is 187 Å². The van der Waals surface area contributed by atoms with Crippen molar-refractivity contribution in [3.8, 4) is 11.5 Å². The Morgan fingerprint density at radius 1 is 0.939 bits per heavy atom. The average Bonchev–Trinajstić information content (AvgIpc) is 2.74. The number of aliphatic hydroxyl groups excluding tert-OH is 1. The van der Waals surface area contributed by atoms with Crippen molar-refractivity contribution < 1.29 is 40.9 Å². The molecule has 182 valence electrons. The second-order valence-corrected chi connectivity index (χ2v) is 8.02. The minimum Gasteiger partial charge on any atom is -0.490 e. The van der Waals surface area contributed by atoms with Gasteiger partial charge in [-0.3, -0.25) is 4.90 Å². The summed E-state index contributed by atoms with van der Waals surface area (Å²) in [5, 5.41) is 9.71. The van der Waals surface area contributed by atoms with Gasteiger partial charge >= 0.3 is 12.5 Å². The number of para-hydroxylation sites is 2. The fourth-order valence-corrected chi connectivity index (χ4v) is 4.00. The zero-order valence-corrected chi connectivity index (χ0v) is 17.6. The normalized spacial score (nSPS) is 20.5. The number of alkyl halides is 6. The molecular formula is C23H25F6NO3. The summed E-state index contributed by atoms with van der Waals surface area (Å²) < 4.78 is 87.7. The summed E-state index contributed by atoms with van der Waals surface area (Å²) in [6.07, 6.45) is -10.4.